The number of aliphatic hydroxyl groups excluding tert-OH is 1. The maximum Gasteiger partial charge on any atom is 0.282 e. The van der Waals surface area contributed by atoms with Crippen molar-refractivity contribution in [3.8, 4) is 0 Å². The summed E-state index contributed by atoms with van der Waals surface area (Å²) < 4.78 is 33.5. The Bertz CT molecular complexity index is 549. The molecule has 7 heteroatoms. The third-order valence-corrected chi connectivity index (χ3v) is 5.61. The van der Waals surface area contributed by atoms with Gasteiger partial charge in [0.25, 0.3) is 10.2 Å². The zero-order valence-corrected chi connectivity index (χ0v) is 13.2. The first-order valence-corrected chi connectivity index (χ1v) is 8.34. The van der Waals surface area contributed by atoms with Gasteiger partial charge >= 0.3 is 0 Å². The summed E-state index contributed by atoms with van der Waals surface area (Å²) in [5, 5.41) is 9.17. The molecule has 1 fully saturated rings. The SMILES string of the molecule is CC1COC(CO)CN1S(=O)(=O)N(C)Cc1ccccc1. The summed E-state index contributed by atoms with van der Waals surface area (Å²) in [6, 6.07) is 9.21. The molecule has 0 aromatic heterocycles. The highest BCUT2D eigenvalue weighted by molar-refractivity contribution is 7.86. The molecule has 0 aliphatic carbocycles. The van der Waals surface area contributed by atoms with Gasteiger partial charge in [-0.05, 0) is 12.5 Å². The molecule has 6 nitrogen and oxygen atoms in total. The summed E-state index contributed by atoms with van der Waals surface area (Å²) >= 11 is 0. The van der Waals surface area contributed by atoms with Crippen LogP contribution in [-0.2, 0) is 21.5 Å². The van der Waals surface area contributed by atoms with Crippen molar-refractivity contribution in [2.24, 2.45) is 0 Å². The highest BCUT2D eigenvalue weighted by Crippen LogP contribution is 2.19. The van der Waals surface area contributed by atoms with Crippen molar-refractivity contribution in [1.29, 1.82) is 0 Å². The molecule has 1 aliphatic rings. The molecule has 1 aliphatic heterocycles. The monoisotopic (exact) mass is 314 g/mol. The van der Waals surface area contributed by atoms with Gasteiger partial charge in [-0.15, -0.1) is 0 Å². The molecule has 1 aromatic carbocycles. The van der Waals surface area contributed by atoms with Crippen molar-refractivity contribution in [3.63, 3.8) is 0 Å². The van der Waals surface area contributed by atoms with Crippen LogP contribution in [0.3, 0.4) is 0 Å². The lowest BCUT2D eigenvalue weighted by atomic mass is 10.2. The fraction of sp³-hybridized carbons (Fsp3) is 0.571. The Hall–Kier alpha value is -0.990. The molecule has 1 heterocycles. The van der Waals surface area contributed by atoms with Crippen LogP contribution in [-0.4, -0.2) is 61.1 Å². The molecule has 1 saturated heterocycles. The van der Waals surface area contributed by atoms with E-state index in [1.54, 1.807) is 7.05 Å². The van der Waals surface area contributed by atoms with Crippen LogP contribution in [0.1, 0.15) is 12.5 Å². The van der Waals surface area contributed by atoms with E-state index in [2.05, 4.69) is 0 Å². The third kappa shape index (κ3) is 3.81. The molecule has 0 saturated carbocycles. The van der Waals surface area contributed by atoms with Crippen LogP contribution in [0.4, 0.5) is 0 Å². The second kappa shape index (κ2) is 6.85. The van der Waals surface area contributed by atoms with Gasteiger partial charge in [0.15, 0.2) is 0 Å². The van der Waals surface area contributed by atoms with Gasteiger partial charge in [0.1, 0.15) is 0 Å². The van der Waals surface area contributed by atoms with Crippen molar-refractivity contribution in [2.45, 2.75) is 25.6 Å². The second-order valence-corrected chi connectivity index (χ2v) is 7.29. The fourth-order valence-electron chi connectivity index (χ4n) is 2.32. The summed E-state index contributed by atoms with van der Waals surface area (Å²) in [5.74, 6) is 0. The summed E-state index contributed by atoms with van der Waals surface area (Å²) in [5.41, 5.74) is 0.934. The molecule has 1 aromatic rings. The first kappa shape index (κ1) is 16.4. The van der Waals surface area contributed by atoms with Crippen LogP contribution in [0, 0.1) is 0 Å². The van der Waals surface area contributed by atoms with E-state index in [0.29, 0.717) is 13.2 Å². The number of ether oxygens (including phenoxy) is 1. The lowest BCUT2D eigenvalue weighted by Crippen LogP contribution is -2.55. The first-order chi connectivity index (χ1) is 9.95. The summed E-state index contributed by atoms with van der Waals surface area (Å²) in [6.07, 6.45) is -0.457. The molecule has 21 heavy (non-hydrogen) atoms. The smallest absolute Gasteiger partial charge is 0.282 e. The van der Waals surface area contributed by atoms with Crippen molar-refractivity contribution in [2.75, 3.05) is 26.8 Å². The number of rotatable bonds is 5. The average molecular weight is 314 g/mol. The number of benzene rings is 1. The molecule has 0 radical (unpaired) electrons. The predicted octanol–water partition coefficient (Wildman–Crippen LogP) is 0.445. The number of aliphatic hydroxyl groups is 1. The highest BCUT2D eigenvalue weighted by atomic mass is 32.2. The lowest BCUT2D eigenvalue weighted by molar-refractivity contribution is -0.0529. The quantitative estimate of drug-likeness (QED) is 0.856. The number of morpholine rings is 1. The van der Waals surface area contributed by atoms with Gasteiger partial charge in [-0.2, -0.15) is 17.0 Å². The number of hydrogen-bond acceptors (Lipinski definition) is 4. The summed E-state index contributed by atoms with van der Waals surface area (Å²) in [7, 11) is -2.01. The molecule has 2 rings (SSSR count). The molecule has 0 amide bonds. The Balaban J connectivity index is 2.12. The minimum absolute atomic E-state index is 0.179. The Morgan fingerprint density at radius 1 is 1.38 bits per heavy atom. The number of hydrogen-bond donors (Lipinski definition) is 1. The van der Waals surface area contributed by atoms with Gasteiger partial charge in [0.2, 0.25) is 0 Å². The van der Waals surface area contributed by atoms with Crippen LogP contribution < -0.4 is 0 Å². The minimum Gasteiger partial charge on any atom is -0.394 e. The Morgan fingerprint density at radius 2 is 2.05 bits per heavy atom. The van der Waals surface area contributed by atoms with Crippen LogP contribution in [0.5, 0.6) is 0 Å². The third-order valence-electron chi connectivity index (χ3n) is 3.59. The molecule has 118 valence electrons. The second-order valence-electron chi connectivity index (χ2n) is 5.31. The molecule has 0 spiro atoms. The van der Waals surface area contributed by atoms with E-state index >= 15 is 0 Å². The zero-order valence-electron chi connectivity index (χ0n) is 12.3. The molecule has 2 atom stereocenters. The Morgan fingerprint density at radius 3 is 2.67 bits per heavy atom. The minimum atomic E-state index is -3.58. The molecule has 2 unspecified atom stereocenters. The van der Waals surface area contributed by atoms with Crippen LogP contribution in [0.25, 0.3) is 0 Å². The van der Waals surface area contributed by atoms with Gasteiger partial charge in [-0.3, -0.25) is 0 Å². The van der Waals surface area contributed by atoms with Gasteiger partial charge < -0.3 is 9.84 Å². The standard InChI is InChI=1S/C14H22N2O4S/c1-12-11-20-14(10-17)9-16(12)21(18,19)15(2)8-13-6-4-3-5-7-13/h3-7,12,14,17H,8-11H2,1-2H3. The van der Waals surface area contributed by atoms with E-state index in [1.807, 2.05) is 37.3 Å². The predicted molar refractivity (Wildman–Crippen MR) is 79.8 cm³/mol. The van der Waals surface area contributed by atoms with Gasteiger partial charge in [-0.25, -0.2) is 0 Å². The van der Waals surface area contributed by atoms with Crippen LogP contribution in [0.2, 0.25) is 0 Å². The van der Waals surface area contributed by atoms with Crippen molar-refractivity contribution >= 4 is 10.2 Å². The van der Waals surface area contributed by atoms with E-state index < -0.39 is 16.3 Å². The fourth-order valence-corrected chi connectivity index (χ4v) is 3.87. The zero-order chi connectivity index (χ0) is 15.5. The Kier molecular flexibility index (Phi) is 5.34. The van der Waals surface area contributed by atoms with E-state index in [4.69, 9.17) is 4.74 Å². The van der Waals surface area contributed by atoms with Gasteiger partial charge in [0.05, 0.1) is 19.3 Å². The molecule has 1 N–H and O–H groups in total. The largest absolute Gasteiger partial charge is 0.394 e. The van der Waals surface area contributed by atoms with E-state index in [-0.39, 0.29) is 19.2 Å². The van der Waals surface area contributed by atoms with Crippen LogP contribution in [0.15, 0.2) is 30.3 Å². The number of nitrogens with zero attached hydrogens (tertiary/aromatic N) is 2. The van der Waals surface area contributed by atoms with Crippen molar-refractivity contribution in [3.05, 3.63) is 35.9 Å². The van der Waals surface area contributed by atoms with Gasteiger partial charge in [0, 0.05) is 26.2 Å². The Labute approximate surface area is 126 Å². The molecule has 0 bridgehead atoms. The molecular formula is C14H22N2O4S. The van der Waals surface area contributed by atoms with Crippen molar-refractivity contribution < 1.29 is 18.3 Å². The summed E-state index contributed by atoms with van der Waals surface area (Å²) in [4.78, 5) is 0. The first-order valence-electron chi connectivity index (χ1n) is 6.94. The maximum atomic E-state index is 12.7. The van der Waals surface area contributed by atoms with Gasteiger partial charge in [-0.1, -0.05) is 30.3 Å². The molecular weight excluding hydrogens is 292 g/mol. The normalized spacial score (nSPS) is 24.4. The maximum absolute atomic E-state index is 12.7. The van der Waals surface area contributed by atoms with E-state index in [1.165, 1.54) is 8.61 Å². The van der Waals surface area contributed by atoms with Crippen molar-refractivity contribution in [1.82, 2.24) is 8.61 Å². The van der Waals surface area contributed by atoms with E-state index in [9.17, 15) is 13.5 Å². The highest BCUT2D eigenvalue weighted by Gasteiger charge is 2.36. The summed E-state index contributed by atoms with van der Waals surface area (Å²) in [6.45, 7) is 2.42. The lowest BCUT2D eigenvalue weighted by Gasteiger charge is -2.38. The topological polar surface area (TPSA) is 70.1 Å². The van der Waals surface area contributed by atoms with E-state index in [0.717, 1.165) is 5.56 Å². The average Bonchev–Trinajstić information content (AvgIpc) is 2.48. The van der Waals surface area contributed by atoms with Crippen LogP contribution >= 0.6 is 0 Å².